The molecule has 0 spiro atoms. The molecule has 1 aliphatic heterocycles. The number of carbonyl (C=O) groups excluding carboxylic acids is 1. The van der Waals surface area contributed by atoms with Gasteiger partial charge in [0.2, 0.25) is 0 Å². The van der Waals surface area contributed by atoms with Gasteiger partial charge in [0.15, 0.2) is 11.5 Å². The Kier molecular flexibility index (Phi) is 17.0. The maximum absolute atomic E-state index is 13.1. The zero-order valence-corrected chi connectivity index (χ0v) is 26.4. The summed E-state index contributed by atoms with van der Waals surface area (Å²) in [7, 11) is 0. The lowest BCUT2D eigenvalue weighted by Crippen LogP contribution is -2.29. The molecule has 1 amide bonds. The summed E-state index contributed by atoms with van der Waals surface area (Å²) in [5.41, 5.74) is 0.895. The second-order valence-corrected chi connectivity index (χ2v) is 12.3. The average molecular weight is 592 g/mol. The molecule has 2 rings (SSSR count). The Morgan fingerprint density at radius 1 is 0.975 bits per heavy atom. The molecule has 1 fully saturated rings. The summed E-state index contributed by atoms with van der Waals surface area (Å²) < 4.78 is 12.7. The highest BCUT2D eigenvalue weighted by Gasteiger charge is 2.31. The van der Waals surface area contributed by atoms with Gasteiger partial charge >= 0.3 is 5.97 Å². The van der Waals surface area contributed by atoms with Crippen LogP contribution in [0.2, 0.25) is 0 Å². The van der Waals surface area contributed by atoms with Crippen molar-refractivity contribution in [1.29, 1.82) is 0 Å². The number of thiocarbonyl (C=S) groups is 1. The van der Waals surface area contributed by atoms with E-state index in [0.29, 0.717) is 28.1 Å². The summed E-state index contributed by atoms with van der Waals surface area (Å²) >= 11 is 6.89. The summed E-state index contributed by atoms with van der Waals surface area (Å²) in [6.45, 7) is 7.49. The number of carboxylic acids is 1. The predicted molar refractivity (Wildman–Crippen MR) is 170 cm³/mol. The molecule has 1 aromatic carbocycles. The van der Waals surface area contributed by atoms with Crippen molar-refractivity contribution in [2.45, 2.75) is 123 Å². The van der Waals surface area contributed by atoms with Crippen molar-refractivity contribution in [1.82, 2.24) is 4.90 Å². The molecule has 0 bridgehead atoms. The van der Waals surface area contributed by atoms with E-state index in [1.807, 2.05) is 31.2 Å². The van der Waals surface area contributed by atoms with Crippen LogP contribution in [0.15, 0.2) is 23.1 Å². The van der Waals surface area contributed by atoms with Gasteiger partial charge in [-0.2, -0.15) is 0 Å². The number of hydrogen-bond donors (Lipinski definition) is 1. The lowest BCUT2D eigenvalue weighted by atomic mass is 10.1. The van der Waals surface area contributed by atoms with E-state index in [-0.39, 0.29) is 18.4 Å². The first-order chi connectivity index (χ1) is 19.3. The van der Waals surface area contributed by atoms with E-state index in [1.165, 1.54) is 43.9 Å². The number of carbonyl (C=O) groups is 2. The molecule has 0 aliphatic carbocycles. The van der Waals surface area contributed by atoms with Crippen LogP contribution in [0.3, 0.4) is 0 Å². The van der Waals surface area contributed by atoms with Gasteiger partial charge in [-0.25, -0.2) is 0 Å². The third-order valence-electron chi connectivity index (χ3n) is 7.00. The molecule has 1 N–H and O–H groups in total. The van der Waals surface area contributed by atoms with Crippen LogP contribution in [0.5, 0.6) is 11.5 Å². The van der Waals surface area contributed by atoms with Crippen LogP contribution in [0.4, 0.5) is 0 Å². The van der Waals surface area contributed by atoms with Gasteiger partial charge < -0.3 is 14.6 Å². The summed E-state index contributed by atoms with van der Waals surface area (Å²) in [6, 6.07) is 5.86. The maximum atomic E-state index is 13.1. The molecule has 0 radical (unpaired) electrons. The Labute approximate surface area is 251 Å². The molecule has 0 unspecified atom stereocenters. The van der Waals surface area contributed by atoms with E-state index in [0.717, 1.165) is 69.1 Å². The molecular weight excluding hydrogens is 542 g/mol. The van der Waals surface area contributed by atoms with Crippen LogP contribution in [0, 0.1) is 0 Å². The zero-order valence-electron chi connectivity index (χ0n) is 24.8. The Morgan fingerprint density at radius 3 is 2.30 bits per heavy atom. The first-order valence-electron chi connectivity index (χ1n) is 15.3. The summed E-state index contributed by atoms with van der Waals surface area (Å²) in [5.74, 6) is 0.708. The highest BCUT2D eigenvalue weighted by Crippen LogP contribution is 2.35. The molecule has 1 heterocycles. The van der Waals surface area contributed by atoms with E-state index in [1.54, 1.807) is 4.90 Å². The van der Waals surface area contributed by atoms with Gasteiger partial charge in [0.05, 0.1) is 17.6 Å². The van der Waals surface area contributed by atoms with E-state index < -0.39 is 5.97 Å². The van der Waals surface area contributed by atoms with Gasteiger partial charge in [0.1, 0.15) is 4.32 Å². The minimum Gasteiger partial charge on any atom is -0.490 e. The fourth-order valence-corrected chi connectivity index (χ4v) is 6.05. The molecule has 40 heavy (non-hydrogen) atoms. The fourth-order valence-electron chi connectivity index (χ4n) is 4.74. The first-order valence-corrected chi connectivity index (χ1v) is 16.5. The highest BCUT2D eigenvalue weighted by atomic mass is 32.2. The van der Waals surface area contributed by atoms with Crippen LogP contribution in [0.1, 0.15) is 123 Å². The van der Waals surface area contributed by atoms with Crippen molar-refractivity contribution in [3.8, 4) is 11.5 Å². The van der Waals surface area contributed by atoms with Crippen LogP contribution < -0.4 is 9.47 Å². The van der Waals surface area contributed by atoms with Crippen molar-refractivity contribution in [2.24, 2.45) is 0 Å². The van der Waals surface area contributed by atoms with Crippen LogP contribution >= 0.6 is 24.0 Å². The molecule has 1 aliphatic rings. The molecule has 8 heteroatoms. The molecule has 6 nitrogen and oxygen atoms in total. The maximum Gasteiger partial charge on any atom is 0.303 e. The zero-order chi connectivity index (χ0) is 29.2. The minimum absolute atomic E-state index is 0.0246. The van der Waals surface area contributed by atoms with E-state index in [9.17, 15) is 9.59 Å². The van der Waals surface area contributed by atoms with Crippen molar-refractivity contribution >= 4 is 46.3 Å². The second-order valence-electron chi connectivity index (χ2n) is 10.6. The van der Waals surface area contributed by atoms with Gasteiger partial charge in [0, 0.05) is 13.0 Å². The molecule has 1 saturated heterocycles. The molecule has 224 valence electrons. The van der Waals surface area contributed by atoms with Crippen molar-refractivity contribution < 1.29 is 24.2 Å². The topological polar surface area (TPSA) is 76.1 Å². The molecule has 1 aromatic rings. The Morgan fingerprint density at radius 2 is 1.62 bits per heavy atom. The van der Waals surface area contributed by atoms with E-state index in [4.69, 9.17) is 26.8 Å². The van der Waals surface area contributed by atoms with Crippen LogP contribution in [-0.2, 0) is 9.59 Å². The molecule has 0 aromatic heterocycles. The number of rotatable bonds is 22. The number of hydrogen-bond acceptors (Lipinski definition) is 6. The highest BCUT2D eigenvalue weighted by molar-refractivity contribution is 8.26. The molecule has 0 saturated carbocycles. The summed E-state index contributed by atoms with van der Waals surface area (Å²) in [5, 5.41) is 8.68. The first kappa shape index (κ1) is 34.1. The van der Waals surface area contributed by atoms with Gasteiger partial charge in [0.25, 0.3) is 5.91 Å². The second kappa shape index (κ2) is 19.9. The monoisotopic (exact) mass is 591 g/mol. The summed E-state index contributed by atoms with van der Waals surface area (Å²) in [6.07, 6.45) is 17.8. The SMILES string of the molecule is CCCCCCC[C@@H](C)Oc1ccc(/C=C2/SC(=S)N(CCCCCCCCCCC(=O)O)C2=O)cc1OCC. The van der Waals surface area contributed by atoms with Crippen LogP contribution in [0.25, 0.3) is 6.08 Å². The van der Waals surface area contributed by atoms with E-state index in [2.05, 4.69) is 13.8 Å². The standard InChI is InChI=1S/C32H49NO5S2/c1-4-6-7-12-15-18-25(3)38-27-21-20-26(23-28(27)37-5-2)24-29-31(36)33(32(39)40-29)22-17-14-11-9-8-10-13-16-19-30(34)35/h20-21,23-25H,4-19,22H2,1-3H3,(H,34,35)/b29-24+/t25-/m1/s1. The largest absolute Gasteiger partial charge is 0.490 e. The number of benzene rings is 1. The minimum atomic E-state index is -0.711. The van der Waals surface area contributed by atoms with Crippen molar-refractivity contribution in [3.63, 3.8) is 0 Å². The smallest absolute Gasteiger partial charge is 0.303 e. The number of amides is 1. The normalized spacial score (nSPS) is 15.2. The number of unbranched alkanes of at least 4 members (excludes halogenated alkanes) is 11. The predicted octanol–water partition coefficient (Wildman–Crippen LogP) is 9.01. The Bertz CT molecular complexity index is 965. The average Bonchev–Trinajstić information content (AvgIpc) is 3.18. The van der Waals surface area contributed by atoms with Gasteiger partial charge in [-0.3, -0.25) is 14.5 Å². The number of aliphatic carboxylic acids is 1. The number of nitrogens with zero attached hydrogens (tertiary/aromatic N) is 1. The number of carboxylic acid groups (broad SMARTS) is 1. The van der Waals surface area contributed by atoms with Gasteiger partial charge in [-0.1, -0.05) is 101 Å². The number of thioether (sulfide) groups is 1. The molecular formula is C32H49NO5S2. The third-order valence-corrected chi connectivity index (χ3v) is 8.38. The fraction of sp³-hybridized carbons (Fsp3) is 0.656. The number of ether oxygens (including phenoxy) is 2. The van der Waals surface area contributed by atoms with Crippen molar-refractivity contribution in [2.75, 3.05) is 13.2 Å². The van der Waals surface area contributed by atoms with Gasteiger partial charge in [-0.05, 0) is 63.3 Å². The molecule has 1 atom stereocenters. The lowest BCUT2D eigenvalue weighted by molar-refractivity contribution is -0.137. The Hall–Kier alpha value is -2.06. The van der Waals surface area contributed by atoms with Gasteiger partial charge in [-0.15, -0.1) is 0 Å². The summed E-state index contributed by atoms with van der Waals surface area (Å²) in [4.78, 5) is 26.0. The third kappa shape index (κ3) is 13.1. The lowest BCUT2D eigenvalue weighted by Gasteiger charge is -2.18. The van der Waals surface area contributed by atoms with Crippen molar-refractivity contribution in [3.05, 3.63) is 28.7 Å². The quantitative estimate of drug-likeness (QED) is 0.0819. The van der Waals surface area contributed by atoms with E-state index >= 15 is 0 Å². The Balaban J connectivity index is 1.82. The van der Waals surface area contributed by atoms with Crippen LogP contribution in [-0.4, -0.2) is 45.5 Å².